The van der Waals surface area contributed by atoms with Crippen molar-refractivity contribution < 1.29 is 19.1 Å². The maximum Gasteiger partial charge on any atom is 0.417 e. The van der Waals surface area contributed by atoms with Crippen molar-refractivity contribution in [2.24, 2.45) is 0 Å². The topological polar surface area (TPSA) is 91.7 Å². The van der Waals surface area contributed by atoms with E-state index in [0.29, 0.717) is 12.2 Å². The van der Waals surface area contributed by atoms with Crippen LogP contribution in [-0.4, -0.2) is 36.0 Å². The summed E-state index contributed by atoms with van der Waals surface area (Å²) in [6.45, 7) is 1.98. The van der Waals surface area contributed by atoms with E-state index in [2.05, 4.69) is 5.32 Å². The highest BCUT2D eigenvalue weighted by molar-refractivity contribution is 6.11. The molecule has 0 saturated carbocycles. The molecule has 2 amide bonds. The first-order valence-corrected chi connectivity index (χ1v) is 7.05. The Morgan fingerprint density at radius 1 is 1.36 bits per heavy atom. The molecule has 0 bridgehead atoms. The third-order valence-electron chi connectivity index (χ3n) is 3.38. The van der Waals surface area contributed by atoms with E-state index < -0.39 is 12.1 Å². The summed E-state index contributed by atoms with van der Waals surface area (Å²) in [5, 5.41) is 10.0. The number of hydrogen-bond acceptors (Lipinski definition) is 5. The summed E-state index contributed by atoms with van der Waals surface area (Å²) in [6, 6.07) is 6.45. The molecule has 0 aromatic heterocycles. The summed E-state index contributed by atoms with van der Waals surface area (Å²) in [6.07, 6.45) is 0.525. The van der Waals surface area contributed by atoms with E-state index in [0.717, 1.165) is 16.9 Å². The van der Waals surface area contributed by atoms with Gasteiger partial charge in [0.1, 0.15) is 18.4 Å². The highest BCUT2D eigenvalue weighted by Gasteiger charge is 2.40. The number of carbonyl (C=O) groups is 2. The van der Waals surface area contributed by atoms with Crippen molar-refractivity contribution in [2.45, 2.75) is 32.4 Å². The molecule has 1 aliphatic rings. The van der Waals surface area contributed by atoms with E-state index in [-0.39, 0.29) is 18.5 Å². The summed E-state index contributed by atoms with van der Waals surface area (Å²) in [4.78, 5) is 24.9. The van der Waals surface area contributed by atoms with Gasteiger partial charge in [-0.15, -0.1) is 0 Å². The lowest BCUT2D eigenvalue weighted by Crippen LogP contribution is -2.40. The molecule has 1 heterocycles. The SMILES string of the molecule is CCC[C@H]1C(=O)NC(=N)N1C(=O)OCc1ccc(OC)cc1. The number of amides is 2. The van der Waals surface area contributed by atoms with Crippen LogP contribution in [0.4, 0.5) is 4.79 Å². The number of hydrogen-bond donors (Lipinski definition) is 2. The van der Waals surface area contributed by atoms with Crippen molar-refractivity contribution in [2.75, 3.05) is 7.11 Å². The molecular formula is C15H19N3O4. The first kappa shape index (κ1) is 15.8. The molecule has 2 rings (SSSR count). The molecule has 118 valence electrons. The third kappa shape index (κ3) is 3.36. The quantitative estimate of drug-likeness (QED) is 0.868. The first-order chi connectivity index (χ1) is 10.6. The zero-order valence-electron chi connectivity index (χ0n) is 12.6. The van der Waals surface area contributed by atoms with Gasteiger partial charge in [-0.25, -0.2) is 9.69 Å². The lowest BCUT2D eigenvalue weighted by atomic mass is 10.1. The molecule has 1 aromatic carbocycles. The Balaban J connectivity index is 1.98. The van der Waals surface area contributed by atoms with Crippen molar-refractivity contribution >= 4 is 18.0 Å². The molecule has 1 aliphatic heterocycles. The van der Waals surface area contributed by atoms with Crippen molar-refractivity contribution in [1.29, 1.82) is 5.41 Å². The number of nitrogens with one attached hydrogen (secondary N) is 2. The minimum atomic E-state index is -0.697. The molecule has 0 radical (unpaired) electrons. The highest BCUT2D eigenvalue weighted by Crippen LogP contribution is 2.16. The third-order valence-corrected chi connectivity index (χ3v) is 3.38. The average Bonchev–Trinajstić information content (AvgIpc) is 2.80. The van der Waals surface area contributed by atoms with Gasteiger partial charge in [-0.2, -0.15) is 0 Å². The fourth-order valence-electron chi connectivity index (χ4n) is 2.22. The lowest BCUT2D eigenvalue weighted by molar-refractivity contribution is -0.121. The number of guanidine groups is 1. The number of nitrogens with zero attached hydrogens (tertiary/aromatic N) is 1. The second-order valence-electron chi connectivity index (χ2n) is 4.91. The summed E-state index contributed by atoms with van der Waals surface area (Å²) in [5.74, 6) is 0.144. The molecule has 1 saturated heterocycles. The zero-order chi connectivity index (χ0) is 16.1. The molecule has 22 heavy (non-hydrogen) atoms. The number of methoxy groups -OCH3 is 1. The monoisotopic (exact) mass is 305 g/mol. The van der Waals surface area contributed by atoms with Crippen molar-refractivity contribution in [3.8, 4) is 5.75 Å². The van der Waals surface area contributed by atoms with Crippen molar-refractivity contribution in [3.63, 3.8) is 0 Å². The van der Waals surface area contributed by atoms with Gasteiger partial charge in [0.2, 0.25) is 11.9 Å². The van der Waals surface area contributed by atoms with E-state index in [9.17, 15) is 9.59 Å². The molecule has 7 heteroatoms. The maximum atomic E-state index is 12.1. The highest BCUT2D eigenvalue weighted by atomic mass is 16.6. The van der Waals surface area contributed by atoms with Crippen molar-refractivity contribution in [1.82, 2.24) is 10.2 Å². The van der Waals surface area contributed by atoms with Crippen LogP contribution in [0.2, 0.25) is 0 Å². The fourth-order valence-corrected chi connectivity index (χ4v) is 2.22. The van der Waals surface area contributed by atoms with Crippen LogP contribution in [0.5, 0.6) is 5.75 Å². The Labute approximate surface area is 128 Å². The van der Waals surface area contributed by atoms with Crippen LogP contribution in [-0.2, 0) is 16.1 Å². The Morgan fingerprint density at radius 3 is 2.64 bits per heavy atom. The fraction of sp³-hybridized carbons (Fsp3) is 0.400. The van der Waals surface area contributed by atoms with E-state index in [4.69, 9.17) is 14.9 Å². The van der Waals surface area contributed by atoms with Gasteiger partial charge in [0, 0.05) is 0 Å². The second kappa shape index (κ2) is 6.93. The molecule has 0 spiro atoms. The number of ether oxygens (including phenoxy) is 2. The molecule has 2 N–H and O–H groups in total. The zero-order valence-corrected chi connectivity index (χ0v) is 12.6. The standard InChI is InChI=1S/C15H19N3O4/c1-3-4-12-13(19)17-14(16)18(12)15(20)22-9-10-5-7-11(21-2)8-6-10/h5-8,12H,3-4,9H2,1-2H3,(H2,16,17,19)/t12-/m0/s1. The molecule has 1 atom stereocenters. The molecule has 1 aromatic rings. The molecule has 0 aliphatic carbocycles. The molecule has 7 nitrogen and oxygen atoms in total. The first-order valence-electron chi connectivity index (χ1n) is 7.05. The van der Waals surface area contributed by atoms with Crippen LogP contribution in [0.3, 0.4) is 0 Å². The van der Waals surface area contributed by atoms with Crippen LogP contribution in [0.25, 0.3) is 0 Å². The van der Waals surface area contributed by atoms with Gasteiger partial charge < -0.3 is 9.47 Å². The summed E-state index contributed by atoms with van der Waals surface area (Å²) in [5.41, 5.74) is 0.797. The Kier molecular flexibility index (Phi) is 4.98. The van der Waals surface area contributed by atoms with Gasteiger partial charge >= 0.3 is 6.09 Å². The number of carbonyl (C=O) groups excluding carboxylic acids is 2. The van der Waals surface area contributed by atoms with Gasteiger partial charge in [0.25, 0.3) is 0 Å². The molecule has 0 unspecified atom stereocenters. The number of benzene rings is 1. The average molecular weight is 305 g/mol. The molecule has 1 fully saturated rings. The smallest absolute Gasteiger partial charge is 0.417 e. The van der Waals surface area contributed by atoms with Crippen LogP contribution < -0.4 is 10.1 Å². The van der Waals surface area contributed by atoms with Gasteiger partial charge in [-0.05, 0) is 24.1 Å². The predicted molar refractivity (Wildman–Crippen MR) is 79.6 cm³/mol. The Bertz CT molecular complexity index is 571. The van der Waals surface area contributed by atoms with Gasteiger partial charge in [-0.3, -0.25) is 15.5 Å². The van der Waals surface area contributed by atoms with Crippen LogP contribution in [0, 0.1) is 5.41 Å². The van der Waals surface area contributed by atoms with Gasteiger partial charge in [0.05, 0.1) is 7.11 Å². The van der Waals surface area contributed by atoms with Crippen LogP contribution in [0.15, 0.2) is 24.3 Å². The van der Waals surface area contributed by atoms with Crippen LogP contribution >= 0.6 is 0 Å². The van der Waals surface area contributed by atoms with E-state index >= 15 is 0 Å². The largest absolute Gasteiger partial charge is 0.497 e. The Hall–Kier alpha value is -2.57. The van der Waals surface area contributed by atoms with Crippen molar-refractivity contribution in [3.05, 3.63) is 29.8 Å². The van der Waals surface area contributed by atoms with Gasteiger partial charge in [0.15, 0.2) is 0 Å². The maximum absolute atomic E-state index is 12.1. The van der Waals surface area contributed by atoms with E-state index in [1.165, 1.54) is 0 Å². The number of rotatable bonds is 5. The van der Waals surface area contributed by atoms with E-state index in [1.807, 2.05) is 6.92 Å². The second-order valence-corrected chi connectivity index (χ2v) is 4.91. The lowest BCUT2D eigenvalue weighted by Gasteiger charge is -2.20. The Morgan fingerprint density at radius 2 is 2.05 bits per heavy atom. The molecular weight excluding hydrogens is 286 g/mol. The predicted octanol–water partition coefficient (Wildman–Crippen LogP) is 1.87. The minimum Gasteiger partial charge on any atom is -0.497 e. The summed E-state index contributed by atoms with van der Waals surface area (Å²) >= 11 is 0. The summed E-state index contributed by atoms with van der Waals surface area (Å²) < 4.78 is 10.2. The normalized spacial score (nSPS) is 17.4. The minimum absolute atomic E-state index is 0.0691. The van der Waals surface area contributed by atoms with E-state index in [1.54, 1.807) is 31.4 Å². The van der Waals surface area contributed by atoms with Crippen LogP contribution in [0.1, 0.15) is 25.3 Å². The summed E-state index contributed by atoms with van der Waals surface area (Å²) in [7, 11) is 1.58. The van der Waals surface area contributed by atoms with Gasteiger partial charge in [-0.1, -0.05) is 25.5 Å².